The Morgan fingerprint density at radius 2 is 0.877 bits per heavy atom. The van der Waals surface area contributed by atoms with Gasteiger partial charge < -0.3 is 24.8 Å². The van der Waals surface area contributed by atoms with Gasteiger partial charge in [-0.05, 0) is 0 Å². The van der Waals surface area contributed by atoms with Crippen LogP contribution in [0.1, 0.15) is 130 Å². The van der Waals surface area contributed by atoms with Crippen molar-refractivity contribution in [1.82, 2.24) is 0 Å². The summed E-state index contributed by atoms with van der Waals surface area (Å²) in [6.07, 6.45) is 9.85. The molecular weight excluding hydrogens is 807 g/mol. The van der Waals surface area contributed by atoms with Gasteiger partial charge in [-0.3, -0.25) is 0 Å². The van der Waals surface area contributed by atoms with Crippen LogP contribution >= 0.6 is 22.7 Å². The first-order chi connectivity index (χ1) is 26.4. The molecule has 5 heteroatoms. The van der Waals surface area contributed by atoms with Crippen LogP contribution in [0.4, 0.5) is 0 Å². The molecule has 4 aromatic carbocycles. The van der Waals surface area contributed by atoms with Gasteiger partial charge >= 0.3 is 350 Å². The summed E-state index contributed by atoms with van der Waals surface area (Å²) < 4.78 is 0.835. The summed E-state index contributed by atoms with van der Waals surface area (Å²) in [5.41, 5.74) is 17.4. The van der Waals surface area contributed by atoms with Crippen molar-refractivity contribution in [3.05, 3.63) is 162 Å². The molecule has 2 unspecified atom stereocenters. The third kappa shape index (κ3) is 8.84. The molecule has 0 nitrogen and oxygen atoms in total. The maximum absolute atomic E-state index is 2.59. The molecule has 0 amide bonds. The molecule has 2 atom stereocenters. The standard InChI is InChI=1S/2C26H27S.2ClH.Ti/c2*1-5-7-22-14-15-25(27-22)20-16-19-8-6-9-23(24(19)17-20)18-10-12-21(13-11-18)26(2,3)4;;;/h2*6,8-17H,5,7H2,1-4H3;2*1H;/q;;;;+2/p-2. The number of benzene rings is 4. The molecule has 2 heterocycles. The van der Waals surface area contributed by atoms with Crippen molar-refractivity contribution >= 4 is 46.0 Å². The molecule has 0 bridgehead atoms. The molecule has 0 spiro atoms. The Morgan fingerprint density at radius 1 is 0.491 bits per heavy atom. The van der Waals surface area contributed by atoms with E-state index in [0.717, 1.165) is 12.8 Å². The molecule has 57 heavy (non-hydrogen) atoms. The number of fused-ring (bicyclic) bond motifs is 2. The van der Waals surface area contributed by atoms with Gasteiger partial charge in [-0.15, -0.1) is 0 Å². The van der Waals surface area contributed by atoms with Crippen LogP contribution < -0.4 is 24.8 Å². The summed E-state index contributed by atoms with van der Waals surface area (Å²) in [5.74, 6) is 0. The third-order valence-corrected chi connectivity index (χ3v) is 16.8. The second kappa shape index (κ2) is 17.7. The summed E-state index contributed by atoms with van der Waals surface area (Å²) in [6.45, 7) is 18.4. The smallest absolute Gasteiger partial charge is 1.00 e. The van der Waals surface area contributed by atoms with Crippen LogP contribution in [0.5, 0.6) is 0 Å². The summed E-state index contributed by atoms with van der Waals surface area (Å²) >= 11 is 3.43. The first-order valence-electron chi connectivity index (χ1n) is 20.3. The normalized spacial score (nSPS) is 15.9. The zero-order chi connectivity index (χ0) is 38.5. The second-order valence-corrected chi connectivity index (χ2v) is 22.2. The van der Waals surface area contributed by atoms with E-state index in [1.165, 1.54) is 88.0 Å². The Hall–Kier alpha value is -2.95. The molecule has 0 N–H and O–H groups in total. The van der Waals surface area contributed by atoms with Crippen molar-refractivity contribution in [2.45, 2.75) is 100 Å². The van der Waals surface area contributed by atoms with Gasteiger partial charge in [0, 0.05) is 0 Å². The third-order valence-electron chi connectivity index (χ3n) is 11.5. The van der Waals surface area contributed by atoms with Crippen molar-refractivity contribution in [2.24, 2.45) is 0 Å². The predicted molar refractivity (Wildman–Crippen MR) is 239 cm³/mol. The molecule has 6 aromatic rings. The van der Waals surface area contributed by atoms with E-state index in [-0.39, 0.29) is 35.6 Å². The second-order valence-electron chi connectivity index (χ2n) is 17.5. The van der Waals surface area contributed by atoms with Gasteiger partial charge in [0.15, 0.2) is 0 Å². The number of halogens is 2. The fourth-order valence-electron chi connectivity index (χ4n) is 8.39. The molecule has 2 aromatic heterocycles. The first kappa shape index (κ1) is 43.6. The largest absolute Gasteiger partial charge is 1.00 e. The molecule has 8 rings (SSSR count). The minimum absolute atomic E-state index is 0. The van der Waals surface area contributed by atoms with E-state index in [1.807, 2.05) is 22.7 Å². The van der Waals surface area contributed by atoms with Gasteiger partial charge in [-0.1, -0.05) is 0 Å². The van der Waals surface area contributed by atoms with Gasteiger partial charge in [0.25, 0.3) is 0 Å². The molecule has 0 radical (unpaired) electrons. The van der Waals surface area contributed by atoms with Crippen LogP contribution in [0.15, 0.2) is 109 Å². The van der Waals surface area contributed by atoms with Crippen LogP contribution in [0.2, 0.25) is 0 Å². The first-order valence-corrected chi connectivity index (χ1v) is 23.7. The molecule has 2 aliphatic rings. The van der Waals surface area contributed by atoms with Crippen molar-refractivity contribution < 1.29 is 44.0 Å². The van der Waals surface area contributed by atoms with Crippen LogP contribution in [0.25, 0.3) is 45.6 Å². The topological polar surface area (TPSA) is 0 Å². The molecule has 292 valence electrons. The van der Waals surface area contributed by atoms with E-state index < -0.39 is 19.2 Å². The minimum Gasteiger partial charge on any atom is -1.00 e. The SMILES string of the molecule is CCCc1ccc(C2=Cc3c(-c4ccc(C(C)(C)C)cc4)cccc3[CH]2[Ti+2][CH]2C(c3ccc(CCC)s3)=Cc3c(-c4ccc(C(C)(C)C)cc4)cccc32)s1.[Cl-].[Cl-]. The van der Waals surface area contributed by atoms with Crippen LogP contribution in [-0.2, 0) is 42.8 Å². The van der Waals surface area contributed by atoms with Crippen molar-refractivity contribution in [1.29, 1.82) is 0 Å². The fraction of sp³-hybridized carbons (Fsp3) is 0.308. The minimum atomic E-state index is -0.621. The Morgan fingerprint density at radius 3 is 1.23 bits per heavy atom. The van der Waals surface area contributed by atoms with E-state index in [4.69, 9.17) is 0 Å². The van der Waals surface area contributed by atoms with Gasteiger partial charge in [-0.2, -0.15) is 0 Å². The molecule has 0 aliphatic heterocycles. The Bertz CT molecular complexity index is 2220. The Balaban J connectivity index is 0.00000275. The maximum atomic E-state index is 2.59. The Labute approximate surface area is 371 Å². The van der Waals surface area contributed by atoms with Gasteiger partial charge in [0.05, 0.1) is 0 Å². The van der Waals surface area contributed by atoms with E-state index in [9.17, 15) is 0 Å². The number of hydrogen-bond donors (Lipinski definition) is 0. The number of thiophene rings is 2. The molecule has 0 fully saturated rings. The Kier molecular flexibility index (Phi) is 13.6. The predicted octanol–water partition coefficient (Wildman–Crippen LogP) is 9.62. The average molecular weight is 862 g/mol. The van der Waals surface area contributed by atoms with E-state index in [1.54, 1.807) is 11.1 Å². The van der Waals surface area contributed by atoms with E-state index >= 15 is 0 Å². The van der Waals surface area contributed by atoms with Crippen molar-refractivity contribution in [2.75, 3.05) is 0 Å². The quantitative estimate of drug-likeness (QED) is 0.121. The molecule has 0 saturated heterocycles. The van der Waals surface area contributed by atoms with E-state index in [2.05, 4.69) is 177 Å². The summed E-state index contributed by atoms with van der Waals surface area (Å²) in [5, 5.41) is 0. The number of rotatable bonds is 10. The monoisotopic (exact) mass is 860 g/mol. The van der Waals surface area contributed by atoms with Crippen LogP contribution in [0, 0.1) is 0 Å². The fourth-order valence-corrected chi connectivity index (χ4v) is 14.2. The number of allylic oxidation sites excluding steroid dienone is 2. The van der Waals surface area contributed by atoms with Crippen molar-refractivity contribution in [3.8, 4) is 22.3 Å². The summed E-state index contributed by atoms with van der Waals surface area (Å²) in [4.78, 5) is 5.92. The summed E-state index contributed by atoms with van der Waals surface area (Å²) in [7, 11) is 0. The van der Waals surface area contributed by atoms with Crippen molar-refractivity contribution in [3.63, 3.8) is 0 Å². The zero-order valence-electron chi connectivity index (χ0n) is 34.6. The van der Waals surface area contributed by atoms with E-state index in [0.29, 0.717) is 8.45 Å². The zero-order valence-corrected chi connectivity index (χ0v) is 39.3. The molecule has 0 saturated carbocycles. The molecular formula is C52H54Cl2S2Ti. The number of aryl methyl sites for hydroxylation is 2. The van der Waals surface area contributed by atoms with Gasteiger partial charge in [0.1, 0.15) is 0 Å². The van der Waals surface area contributed by atoms with Gasteiger partial charge in [-0.25, -0.2) is 0 Å². The molecule has 2 aliphatic carbocycles. The summed E-state index contributed by atoms with van der Waals surface area (Å²) in [6, 6.07) is 42.7. The van der Waals surface area contributed by atoms with Gasteiger partial charge in [0.2, 0.25) is 0 Å². The van der Waals surface area contributed by atoms with Crippen LogP contribution in [0.3, 0.4) is 0 Å². The maximum Gasteiger partial charge on any atom is -1.00 e. The average Bonchev–Trinajstić information content (AvgIpc) is 3.97. The number of hydrogen-bond acceptors (Lipinski definition) is 2. The van der Waals surface area contributed by atoms with Crippen LogP contribution in [-0.4, -0.2) is 0 Å².